The zero-order valence-electron chi connectivity index (χ0n) is 14.3. The summed E-state index contributed by atoms with van der Waals surface area (Å²) in [7, 11) is 1.49. The summed E-state index contributed by atoms with van der Waals surface area (Å²) in [6.07, 6.45) is 1.52. The van der Waals surface area contributed by atoms with Crippen molar-refractivity contribution in [3.63, 3.8) is 0 Å². The van der Waals surface area contributed by atoms with E-state index in [1.807, 2.05) is 0 Å². The molecule has 6 nitrogen and oxygen atoms in total. The highest BCUT2D eigenvalue weighted by Gasteiger charge is 2.37. The number of methoxy groups -OCH3 is 1. The predicted molar refractivity (Wildman–Crippen MR) is 96.5 cm³/mol. The number of nitrogens with zero attached hydrogens (tertiary/aromatic N) is 1. The summed E-state index contributed by atoms with van der Waals surface area (Å²) in [5.41, 5.74) is -0.124. The van der Waals surface area contributed by atoms with E-state index >= 15 is 0 Å². The Morgan fingerprint density at radius 2 is 2.00 bits per heavy atom. The van der Waals surface area contributed by atoms with Crippen LogP contribution in [0.1, 0.15) is 26.3 Å². The summed E-state index contributed by atoms with van der Waals surface area (Å²) >= 11 is 6.72. The zero-order valence-corrected chi connectivity index (χ0v) is 15.9. The van der Waals surface area contributed by atoms with Crippen LogP contribution in [-0.2, 0) is 14.3 Å². The first-order valence-electron chi connectivity index (χ1n) is 7.41. The van der Waals surface area contributed by atoms with Crippen molar-refractivity contribution in [3.8, 4) is 5.75 Å². The Morgan fingerprint density at radius 1 is 1.32 bits per heavy atom. The second-order valence-corrected chi connectivity index (χ2v) is 7.67. The van der Waals surface area contributed by atoms with Crippen LogP contribution >= 0.6 is 23.4 Å². The average Bonchev–Trinajstić information content (AvgIpc) is 2.73. The molecule has 0 saturated carbocycles. The molecule has 0 atom stereocenters. The summed E-state index contributed by atoms with van der Waals surface area (Å²) in [6.45, 7) is 4.71. The standard InChI is InChI=1S/C17H18ClNO5S/c1-17(2,3)24-14(20)9-19-15(21)13(25-16(19)22)8-10-7-11(18)5-6-12(10)23-4/h5-8H,9H2,1-4H3/b13-8+. The van der Waals surface area contributed by atoms with E-state index in [2.05, 4.69) is 0 Å². The number of hydrogen-bond donors (Lipinski definition) is 0. The van der Waals surface area contributed by atoms with Crippen LogP contribution in [0.3, 0.4) is 0 Å². The van der Waals surface area contributed by atoms with Gasteiger partial charge in [0.2, 0.25) is 0 Å². The molecule has 1 fully saturated rings. The zero-order chi connectivity index (χ0) is 18.8. The van der Waals surface area contributed by atoms with Gasteiger partial charge in [0.1, 0.15) is 17.9 Å². The molecule has 1 heterocycles. The van der Waals surface area contributed by atoms with Crippen molar-refractivity contribution in [2.75, 3.05) is 13.7 Å². The average molecular weight is 384 g/mol. The quantitative estimate of drug-likeness (QED) is 0.582. The first-order chi connectivity index (χ1) is 11.6. The predicted octanol–water partition coefficient (Wildman–Crippen LogP) is 3.73. The Bertz CT molecular complexity index is 754. The van der Waals surface area contributed by atoms with Crippen molar-refractivity contribution in [1.82, 2.24) is 4.90 Å². The minimum absolute atomic E-state index is 0.189. The third kappa shape index (κ3) is 4.99. The SMILES string of the molecule is COc1ccc(Cl)cc1/C=C1/SC(=O)N(CC(=O)OC(C)(C)C)C1=O. The number of carbonyl (C=O) groups is 3. The molecule has 2 amide bonds. The van der Waals surface area contributed by atoms with Crippen LogP contribution in [0.15, 0.2) is 23.1 Å². The first kappa shape index (κ1) is 19.3. The summed E-state index contributed by atoms with van der Waals surface area (Å²) in [5.74, 6) is -0.678. The Kier molecular flexibility index (Phi) is 5.80. The van der Waals surface area contributed by atoms with E-state index in [0.29, 0.717) is 16.3 Å². The molecule has 1 aromatic carbocycles. The summed E-state index contributed by atoms with van der Waals surface area (Å²) in [4.78, 5) is 37.4. The molecule has 0 spiro atoms. The normalized spacial score (nSPS) is 16.5. The van der Waals surface area contributed by atoms with Crippen molar-refractivity contribution in [2.24, 2.45) is 0 Å². The van der Waals surface area contributed by atoms with Gasteiger partial charge in [-0.3, -0.25) is 19.3 Å². The van der Waals surface area contributed by atoms with Gasteiger partial charge in [-0.2, -0.15) is 0 Å². The molecule has 0 N–H and O–H groups in total. The lowest BCUT2D eigenvalue weighted by Crippen LogP contribution is -2.37. The van der Waals surface area contributed by atoms with Gasteiger partial charge in [-0.25, -0.2) is 0 Å². The Labute approximate surface area is 155 Å². The van der Waals surface area contributed by atoms with E-state index in [1.165, 1.54) is 13.2 Å². The van der Waals surface area contributed by atoms with Gasteiger partial charge in [0, 0.05) is 10.6 Å². The van der Waals surface area contributed by atoms with Crippen LogP contribution in [0.2, 0.25) is 5.02 Å². The van der Waals surface area contributed by atoms with Gasteiger partial charge in [-0.15, -0.1) is 0 Å². The van der Waals surface area contributed by atoms with E-state index in [0.717, 1.165) is 16.7 Å². The van der Waals surface area contributed by atoms with Crippen LogP contribution in [0.5, 0.6) is 5.75 Å². The number of rotatable bonds is 4. The molecule has 0 unspecified atom stereocenters. The maximum absolute atomic E-state index is 12.4. The molecule has 134 valence electrons. The number of carbonyl (C=O) groups excluding carboxylic acids is 3. The lowest BCUT2D eigenvalue weighted by molar-refractivity contribution is -0.156. The van der Waals surface area contributed by atoms with Gasteiger partial charge >= 0.3 is 5.97 Å². The molecule has 1 aromatic rings. The van der Waals surface area contributed by atoms with E-state index < -0.39 is 29.3 Å². The number of amides is 2. The molecule has 0 aliphatic carbocycles. The van der Waals surface area contributed by atoms with Crippen molar-refractivity contribution >= 4 is 46.6 Å². The Morgan fingerprint density at radius 3 is 2.60 bits per heavy atom. The molecule has 0 radical (unpaired) electrons. The third-order valence-corrected chi connectivity index (χ3v) is 4.20. The lowest BCUT2D eigenvalue weighted by atomic mass is 10.2. The fourth-order valence-electron chi connectivity index (χ4n) is 2.10. The molecule has 1 saturated heterocycles. The van der Waals surface area contributed by atoms with E-state index in [9.17, 15) is 14.4 Å². The van der Waals surface area contributed by atoms with Gasteiger partial charge in [-0.1, -0.05) is 11.6 Å². The highest BCUT2D eigenvalue weighted by molar-refractivity contribution is 8.18. The molecule has 1 aliphatic heterocycles. The lowest BCUT2D eigenvalue weighted by Gasteiger charge is -2.21. The van der Waals surface area contributed by atoms with Crippen LogP contribution in [0.4, 0.5) is 4.79 Å². The smallest absolute Gasteiger partial charge is 0.326 e. The fourth-order valence-corrected chi connectivity index (χ4v) is 3.11. The van der Waals surface area contributed by atoms with Gasteiger partial charge in [0.25, 0.3) is 11.1 Å². The number of thioether (sulfide) groups is 1. The van der Waals surface area contributed by atoms with Gasteiger partial charge in [0.15, 0.2) is 0 Å². The largest absolute Gasteiger partial charge is 0.496 e. The third-order valence-electron chi connectivity index (χ3n) is 3.06. The van der Waals surface area contributed by atoms with Crippen LogP contribution in [0.25, 0.3) is 6.08 Å². The van der Waals surface area contributed by atoms with Crippen molar-refractivity contribution in [1.29, 1.82) is 0 Å². The van der Waals surface area contributed by atoms with Crippen LogP contribution in [-0.4, -0.2) is 41.3 Å². The minimum Gasteiger partial charge on any atom is -0.496 e. The maximum atomic E-state index is 12.4. The summed E-state index contributed by atoms with van der Waals surface area (Å²) in [5, 5.41) is -0.0527. The molecule has 2 rings (SSSR count). The number of hydrogen-bond acceptors (Lipinski definition) is 6. The van der Waals surface area contributed by atoms with Gasteiger partial charge < -0.3 is 9.47 Å². The monoisotopic (exact) mass is 383 g/mol. The molecule has 25 heavy (non-hydrogen) atoms. The fraction of sp³-hybridized carbons (Fsp3) is 0.353. The second kappa shape index (κ2) is 7.49. The highest BCUT2D eigenvalue weighted by Crippen LogP contribution is 2.34. The van der Waals surface area contributed by atoms with Gasteiger partial charge in [-0.05, 0) is 56.8 Å². The molecule has 1 aliphatic rings. The Balaban J connectivity index is 2.21. The van der Waals surface area contributed by atoms with E-state index in [1.54, 1.807) is 39.0 Å². The van der Waals surface area contributed by atoms with Crippen LogP contribution < -0.4 is 4.74 Å². The number of esters is 1. The summed E-state index contributed by atoms with van der Waals surface area (Å²) in [6, 6.07) is 4.95. The molecule has 0 bridgehead atoms. The van der Waals surface area contributed by atoms with Crippen molar-refractivity contribution < 1.29 is 23.9 Å². The number of benzene rings is 1. The summed E-state index contributed by atoms with van der Waals surface area (Å²) < 4.78 is 10.4. The number of ether oxygens (including phenoxy) is 2. The van der Waals surface area contributed by atoms with E-state index in [4.69, 9.17) is 21.1 Å². The second-order valence-electron chi connectivity index (χ2n) is 6.24. The highest BCUT2D eigenvalue weighted by atomic mass is 35.5. The Hall–Kier alpha value is -1.99. The van der Waals surface area contributed by atoms with Crippen molar-refractivity contribution in [3.05, 3.63) is 33.7 Å². The van der Waals surface area contributed by atoms with E-state index in [-0.39, 0.29) is 4.91 Å². The molecular weight excluding hydrogens is 366 g/mol. The first-order valence-corrected chi connectivity index (χ1v) is 8.61. The molecule has 8 heteroatoms. The molecule has 0 aromatic heterocycles. The maximum Gasteiger partial charge on any atom is 0.326 e. The number of imide groups is 1. The van der Waals surface area contributed by atoms with Crippen molar-refractivity contribution in [2.45, 2.75) is 26.4 Å². The van der Waals surface area contributed by atoms with Gasteiger partial charge in [0.05, 0.1) is 12.0 Å². The molecular formula is C17H18ClNO5S. The topological polar surface area (TPSA) is 72.9 Å². The number of halogens is 1. The van der Waals surface area contributed by atoms with Crippen LogP contribution in [0, 0.1) is 0 Å². The minimum atomic E-state index is -0.692.